The number of nitrogens with one attached hydrogen (secondary N) is 1. The molecular formula is C20H30N2O5. The van der Waals surface area contributed by atoms with Crippen molar-refractivity contribution in [3.63, 3.8) is 0 Å². The van der Waals surface area contributed by atoms with Gasteiger partial charge in [0.1, 0.15) is 17.4 Å². The van der Waals surface area contributed by atoms with Gasteiger partial charge in [-0.25, -0.2) is 4.79 Å². The Labute approximate surface area is 159 Å². The topological polar surface area (TPSA) is 97.6 Å². The summed E-state index contributed by atoms with van der Waals surface area (Å²) in [6.45, 7) is 6.10. The minimum Gasteiger partial charge on any atom is -0.507 e. The zero-order valence-electron chi connectivity index (χ0n) is 16.6. The molecule has 7 nitrogen and oxygen atoms in total. The molecule has 1 aromatic rings. The Kier molecular flexibility index (Phi) is 7.05. The van der Waals surface area contributed by atoms with Crippen molar-refractivity contribution in [2.45, 2.75) is 71.9 Å². The van der Waals surface area contributed by atoms with E-state index >= 15 is 0 Å². The number of amides is 1. The Hall–Kier alpha value is -2.31. The number of aromatic nitrogens is 1. The lowest BCUT2D eigenvalue weighted by Crippen LogP contribution is -2.47. The van der Waals surface area contributed by atoms with Gasteiger partial charge in [-0.1, -0.05) is 27.2 Å². The van der Waals surface area contributed by atoms with E-state index in [0.717, 1.165) is 37.8 Å². The minimum atomic E-state index is -0.888. The lowest BCUT2D eigenvalue weighted by Gasteiger charge is -2.25. The van der Waals surface area contributed by atoms with Crippen molar-refractivity contribution in [1.29, 1.82) is 0 Å². The molecule has 0 fully saturated rings. The van der Waals surface area contributed by atoms with Crippen molar-refractivity contribution in [3.8, 4) is 5.75 Å². The number of nitrogens with zero attached hydrogens (tertiary/aromatic N) is 1. The van der Waals surface area contributed by atoms with Crippen molar-refractivity contribution >= 4 is 11.9 Å². The van der Waals surface area contributed by atoms with Crippen LogP contribution < -0.4 is 10.9 Å². The maximum absolute atomic E-state index is 13.0. The Bertz CT molecular complexity index is 767. The summed E-state index contributed by atoms with van der Waals surface area (Å²) in [7, 11) is 1.25. The van der Waals surface area contributed by atoms with Crippen molar-refractivity contribution in [1.82, 2.24) is 9.88 Å². The van der Waals surface area contributed by atoms with E-state index in [0.29, 0.717) is 18.5 Å². The molecule has 0 spiro atoms. The van der Waals surface area contributed by atoms with E-state index in [1.807, 2.05) is 6.92 Å². The Morgan fingerprint density at radius 1 is 1.26 bits per heavy atom. The SMILES string of the molecule is CCCCn1c2c(c(O)c(C(=O)NC(C(=O)OC)C(C)C)c1=O)CCCC2. The van der Waals surface area contributed by atoms with Crippen LogP contribution in [0.2, 0.25) is 0 Å². The van der Waals surface area contributed by atoms with Gasteiger partial charge in [-0.2, -0.15) is 0 Å². The summed E-state index contributed by atoms with van der Waals surface area (Å²) in [5.41, 5.74) is 0.746. The monoisotopic (exact) mass is 378 g/mol. The standard InChI is InChI=1S/C20H30N2O5/c1-5-6-11-22-14-10-8-7-9-13(14)17(23)15(19(22)25)18(24)21-16(12(2)3)20(26)27-4/h12,16,23H,5-11H2,1-4H3,(H,21,24). The molecule has 1 unspecified atom stereocenters. The van der Waals surface area contributed by atoms with E-state index in [-0.39, 0.29) is 17.2 Å². The first-order valence-electron chi connectivity index (χ1n) is 9.69. The van der Waals surface area contributed by atoms with Gasteiger partial charge in [0.25, 0.3) is 11.5 Å². The number of pyridine rings is 1. The first-order chi connectivity index (χ1) is 12.8. The second kappa shape index (κ2) is 9.06. The van der Waals surface area contributed by atoms with Crippen LogP contribution in [0.4, 0.5) is 0 Å². The maximum Gasteiger partial charge on any atom is 0.328 e. The number of ether oxygens (including phenoxy) is 1. The normalized spacial score (nSPS) is 14.6. The number of methoxy groups -OCH3 is 1. The molecule has 1 aromatic heterocycles. The van der Waals surface area contributed by atoms with Gasteiger partial charge < -0.3 is 19.7 Å². The third kappa shape index (κ3) is 4.34. The van der Waals surface area contributed by atoms with Gasteiger partial charge in [0.2, 0.25) is 0 Å². The van der Waals surface area contributed by atoms with Gasteiger partial charge in [0.05, 0.1) is 7.11 Å². The lowest BCUT2D eigenvalue weighted by molar-refractivity contribution is -0.144. The van der Waals surface area contributed by atoms with Gasteiger partial charge in [0, 0.05) is 17.8 Å². The fourth-order valence-electron chi connectivity index (χ4n) is 3.55. The van der Waals surface area contributed by atoms with E-state index in [1.165, 1.54) is 7.11 Å². The Morgan fingerprint density at radius 2 is 1.93 bits per heavy atom. The van der Waals surface area contributed by atoms with Gasteiger partial charge in [-0.3, -0.25) is 9.59 Å². The van der Waals surface area contributed by atoms with Gasteiger partial charge in [-0.15, -0.1) is 0 Å². The van der Waals surface area contributed by atoms with Crippen LogP contribution in [0.5, 0.6) is 5.75 Å². The van der Waals surface area contributed by atoms with E-state index < -0.39 is 23.5 Å². The highest BCUT2D eigenvalue weighted by Crippen LogP contribution is 2.30. The van der Waals surface area contributed by atoms with Gasteiger partial charge in [0.15, 0.2) is 0 Å². The summed E-state index contributed by atoms with van der Waals surface area (Å²) in [6, 6.07) is -0.888. The highest BCUT2D eigenvalue weighted by Gasteiger charge is 2.31. The molecule has 7 heteroatoms. The number of unbranched alkanes of at least 4 members (excludes halogenated alkanes) is 1. The fraction of sp³-hybridized carbons (Fsp3) is 0.650. The third-order valence-corrected chi connectivity index (χ3v) is 5.12. The fourth-order valence-corrected chi connectivity index (χ4v) is 3.55. The number of aromatic hydroxyl groups is 1. The lowest BCUT2D eigenvalue weighted by atomic mass is 9.92. The number of carbonyl (C=O) groups excluding carboxylic acids is 2. The number of fused-ring (bicyclic) bond motifs is 1. The van der Waals surface area contributed by atoms with Crippen LogP contribution in [0, 0.1) is 5.92 Å². The molecule has 1 heterocycles. The zero-order valence-corrected chi connectivity index (χ0v) is 16.6. The Morgan fingerprint density at radius 3 is 2.52 bits per heavy atom. The number of esters is 1. The third-order valence-electron chi connectivity index (χ3n) is 5.12. The van der Waals surface area contributed by atoms with Crippen molar-refractivity contribution < 1.29 is 19.4 Å². The largest absolute Gasteiger partial charge is 0.507 e. The van der Waals surface area contributed by atoms with Crippen LogP contribution in [0.15, 0.2) is 4.79 Å². The number of carbonyl (C=O) groups is 2. The molecule has 27 heavy (non-hydrogen) atoms. The Balaban J connectivity index is 2.50. The van der Waals surface area contributed by atoms with Crippen LogP contribution in [-0.2, 0) is 28.9 Å². The second-order valence-corrected chi connectivity index (χ2v) is 7.38. The first-order valence-corrected chi connectivity index (χ1v) is 9.69. The molecule has 0 saturated heterocycles. The molecule has 0 saturated carbocycles. The zero-order chi connectivity index (χ0) is 20.1. The molecule has 1 aliphatic carbocycles. The van der Waals surface area contributed by atoms with Crippen LogP contribution in [-0.4, -0.2) is 34.7 Å². The summed E-state index contributed by atoms with van der Waals surface area (Å²) in [5.74, 6) is -1.78. The first kappa shape index (κ1) is 21.0. The van der Waals surface area contributed by atoms with Gasteiger partial charge in [-0.05, 0) is 38.0 Å². The average molecular weight is 378 g/mol. The summed E-state index contributed by atoms with van der Waals surface area (Å²) in [6.07, 6.45) is 4.96. The van der Waals surface area contributed by atoms with E-state index in [2.05, 4.69) is 5.32 Å². The maximum atomic E-state index is 13.0. The van der Waals surface area contributed by atoms with Crippen molar-refractivity contribution in [2.24, 2.45) is 5.92 Å². The molecule has 0 aliphatic heterocycles. The van der Waals surface area contributed by atoms with Gasteiger partial charge >= 0.3 is 5.97 Å². The highest BCUT2D eigenvalue weighted by molar-refractivity contribution is 5.99. The number of hydrogen-bond acceptors (Lipinski definition) is 5. The quantitative estimate of drug-likeness (QED) is 0.709. The van der Waals surface area contributed by atoms with E-state index in [4.69, 9.17) is 4.74 Å². The average Bonchev–Trinajstić information content (AvgIpc) is 2.65. The minimum absolute atomic E-state index is 0.219. The molecule has 2 rings (SSSR count). The van der Waals surface area contributed by atoms with E-state index in [1.54, 1.807) is 18.4 Å². The summed E-state index contributed by atoms with van der Waals surface area (Å²) in [4.78, 5) is 37.8. The molecule has 0 bridgehead atoms. The van der Waals surface area contributed by atoms with Crippen LogP contribution in [0.3, 0.4) is 0 Å². The molecule has 0 radical (unpaired) electrons. The van der Waals surface area contributed by atoms with Crippen molar-refractivity contribution in [3.05, 3.63) is 27.2 Å². The molecule has 2 N–H and O–H groups in total. The molecule has 150 valence electrons. The molecule has 1 atom stereocenters. The molecule has 1 aliphatic rings. The molecule has 0 aromatic carbocycles. The predicted octanol–water partition coefficient (Wildman–Crippen LogP) is 2.16. The molecule has 1 amide bonds. The predicted molar refractivity (Wildman–Crippen MR) is 102 cm³/mol. The van der Waals surface area contributed by atoms with Crippen LogP contribution in [0.1, 0.15) is 68.1 Å². The summed E-state index contributed by atoms with van der Waals surface area (Å²) in [5, 5.41) is 13.3. The number of rotatable bonds is 7. The molecular weight excluding hydrogens is 348 g/mol. The highest BCUT2D eigenvalue weighted by atomic mass is 16.5. The summed E-state index contributed by atoms with van der Waals surface area (Å²) >= 11 is 0. The summed E-state index contributed by atoms with van der Waals surface area (Å²) < 4.78 is 6.37. The van der Waals surface area contributed by atoms with Crippen LogP contribution in [0.25, 0.3) is 0 Å². The smallest absolute Gasteiger partial charge is 0.328 e. The van der Waals surface area contributed by atoms with Crippen molar-refractivity contribution in [2.75, 3.05) is 7.11 Å². The number of hydrogen-bond donors (Lipinski definition) is 2. The van der Waals surface area contributed by atoms with Crippen LogP contribution >= 0.6 is 0 Å². The van der Waals surface area contributed by atoms with E-state index in [9.17, 15) is 19.5 Å². The second-order valence-electron chi connectivity index (χ2n) is 7.38.